The number of fused-ring (bicyclic) bond motifs is 1. The number of nitrogens with two attached hydrogens (primary N) is 1. The quantitative estimate of drug-likeness (QED) is 0.902. The molecule has 1 atom stereocenters. The maximum absolute atomic E-state index is 6.15. The first-order valence-electron chi connectivity index (χ1n) is 7.49. The lowest BCUT2D eigenvalue weighted by Crippen LogP contribution is -2.09. The van der Waals surface area contributed by atoms with Crippen LogP contribution < -0.4 is 10.5 Å². The van der Waals surface area contributed by atoms with Gasteiger partial charge < -0.3 is 15.0 Å². The summed E-state index contributed by atoms with van der Waals surface area (Å²) < 4.78 is 7.99. The highest BCUT2D eigenvalue weighted by Gasteiger charge is 2.26. The van der Waals surface area contributed by atoms with Crippen molar-refractivity contribution in [2.75, 3.05) is 5.73 Å². The first-order chi connectivity index (χ1) is 9.56. The van der Waals surface area contributed by atoms with Crippen molar-refractivity contribution in [1.29, 1.82) is 0 Å². The van der Waals surface area contributed by atoms with E-state index in [4.69, 9.17) is 10.5 Å². The topological polar surface area (TPSA) is 53.1 Å². The van der Waals surface area contributed by atoms with Crippen molar-refractivity contribution < 1.29 is 4.74 Å². The van der Waals surface area contributed by atoms with Crippen LogP contribution in [0.3, 0.4) is 0 Å². The van der Waals surface area contributed by atoms with Crippen LogP contribution in [0.5, 0.6) is 5.75 Å². The zero-order valence-electron chi connectivity index (χ0n) is 12.5. The van der Waals surface area contributed by atoms with E-state index in [1.807, 2.05) is 26.0 Å². The molecule has 0 amide bonds. The van der Waals surface area contributed by atoms with Gasteiger partial charge in [0.2, 0.25) is 5.95 Å². The smallest absolute Gasteiger partial charge is 0.201 e. The number of benzene rings is 1. The standard InChI is InChI=1S/C16H23N3O/c1-10(2)20-14-6-4-5-13-15(14)18-16(17)19(13)11(3)9-12-7-8-12/h4-6,10-12H,7-9H2,1-3H3,(H2,17,18). The number of ether oxygens (including phenoxy) is 1. The molecule has 2 N–H and O–H groups in total. The van der Waals surface area contributed by atoms with Gasteiger partial charge in [-0.15, -0.1) is 0 Å². The van der Waals surface area contributed by atoms with E-state index in [2.05, 4.69) is 22.5 Å². The molecule has 1 unspecified atom stereocenters. The summed E-state index contributed by atoms with van der Waals surface area (Å²) in [7, 11) is 0. The lowest BCUT2D eigenvalue weighted by atomic mass is 10.1. The molecule has 1 saturated carbocycles. The Bertz CT molecular complexity index is 613. The number of aromatic nitrogens is 2. The molecule has 3 rings (SSSR count). The molecule has 0 bridgehead atoms. The average molecular weight is 273 g/mol. The van der Waals surface area contributed by atoms with E-state index in [9.17, 15) is 0 Å². The summed E-state index contributed by atoms with van der Waals surface area (Å²) in [4.78, 5) is 4.53. The summed E-state index contributed by atoms with van der Waals surface area (Å²) in [6, 6.07) is 6.45. The Morgan fingerprint density at radius 2 is 2.10 bits per heavy atom. The molecule has 0 radical (unpaired) electrons. The molecular formula is C16H23N3O. The minimum Gasteiger partial charge on any atom is -0.489 e. The molecule has 108 valence electrons. The zero-order valence-corrected chi connectivity index (χ0v) is 12.5. The first kappa shape index (κ1) is 13.3. The van der Waals surface area contributed by atoms with E-state index in [0.29, 0.717) is 12.0 Å². The van der Waals surface area contributed by atoms with Crippen LogP contribution in [0.25, 0.3) is 11.0 Å². The van der Waals surface area contributed by atoms with Gasteiger partial charge in [-0.25, -0.2) is 4.98 Å². The van der Waals surface area contributed by atoms with Gasteiger partial charge in [-0.3, -0.25) is 0 Å². The van der Waals surface area contributed by atoms with Gasteiger partial charge in [0.05, 0.1) is 11.6 Å². The maximum atomic E-state index is 6.15. The third-order valence-corrected chi connectivity index (χ3v) is 3.89. The molecule has 1 aromatic carbocycles. The van der Waals surface area contributed by atoms with Crippen LogP contribution >= 0.6 is 0 Å². The number of hydrogen-bond acceptors (Lipinski definition) is 3. The lowest BCUT2D eigenvalue weighted by Gasteiger charge is -2.16. The monoisotopic (exact) mass is 273 g/mol. The number of nitrogen functional groups attached to an aromatic ring is 1. The van der Waals surface area contributed by atoms with Crippen molar-refractivity contribution in [1.82, 2.24) is 9.55 Å². The van der Waals surface area contributed by atoms with Gasteiger partial charge in [0.1, 0.15) is 11.3 Å². The molecule has 2 aromatic rings. The van der Waals surface area contributed by atoms with Gasteiger partial charge >= 0.3 is 0 Å². The summed E-state index contributed by atoms with van der Waals surface area (Å²) in [6.45, 7) is 6.27. The molecular weight excluding hydrogens is 250 g/mol. The van der Waals surface area contributed by atoms with E-state index in [-0.39, 0.29) is 6.10 Å². The lowest BCUT2D eigenvalue weighted by molar-refractivity contribution is 0.245. The van der Waals surface area contributed by atoms with Crippen LogP contribution in [0, 0.1) is 5.92 Å². The van der Waals surface area contributed by atoms with E-state index < -0.39 is 0 Å². The predicted molar refractivity (Wildman–Crippen MR) is 82.0 cm³/mol. The highest BCUT2D eigenvalue weighted by atomic mass is 16.5. The van der Waals surface area contributed by atoms with E-state index in [0.717, 1.165) is 22.7 Å². The summed E-state index contributed by atoms with van der Waals surface area (Å²) >= 11 is 0. The number of imidazole rings is 1. The minimum atomic E-state index is 0.135. The summed E-state index contributed by atoms with van der Waals surface area (Å²) in [5.74, 6) is 2.28. The van der Waals surface area contributed by atoms with Crippen LogP contribution in [0.4, 0.5) is 5.95 Å². The Labute approximate surface area is 119 Å². The summed E-state index contributed by atoms with van der Waals surface area (Å²) in [5.41, 5.74) is 8.10. The number of anilines is 1. The molecule has 4 heteroatoms. The Morgan fingerprint density at radius 3 is 2.75 bits per heavy atom. The van der Waals surface area contributed by atoms with Gasteiger partial charge in [-0.2, -0.15) is 0 Å². The normalized spacial score (nSPS) is 16.8. The maximum Gasteiger partial charge on any atom is 0.201 e. The second kappa shape index (κ2) is 5.00. The van der Waals surface area contributed by atoms with E-state index in [1.54, 1.807) is 0 Å². The fraction of sp³-hybridized carbons (Fsp3) is 0.562. The molecule has 0 saturated heterocycles. The number of rotatable bonds is 5. The third-order valence-electron chi connectivity index (χ3n) is 3.89. The number of nitrogens with zero attached hydrogens (tertiary/aromatic N) is 2. The molecule has 1 fully saturated rings. The average Bonchev–Trinajstić information content (AvgIpc) is 3.09. The molecule has 0 aliphatic heterocycles. The second-order valence-electron chi connectivity index (χ2n) is 6.16. The van der Waals surface area contributed by atoms with Crippen molar-refractivity contribution in [3.05, 3.63) is 18.2 Å². The van der Waals surface area contributed by atoms with Gasteiger partial charge in [-0.05, 0) is 45.2 Å². The zero-order chi connectivity index (χ0) is 14.3. The van der Waals surface area contributed by atoms with Crippen molar-refractivity contribution in [2.24, 2.45) is 5.92 Å². The molecule has 4 nitrogen and oxygen atoms in total. The van der Waals surface area contributed by atoms with E-state index in [1.165, 1.54) is 19.3 Å². The van der Waals surface area contributed by atoms with Crippen molar-refractivity contribution in [3.63, 3.8) is 0 Å². The van der Waals surface area contributed by atoms with Gasteiger partial charge in [0.25, 0.3) is 0 Å². The summed E-state index contributed by atoms with van der Waals surface area (Å²) in [5, 5.41) is 0. The molecule has 20 heavy (non-hydrogen) atoms. The molecule has 1 heterocycles. The van der Waals surface area contributed by atoms with Gasteiger partial charge in [-0.1, -0.05) is 18.9 Å². The SMILES string of the molecule is CC(C)Oc1cccc2c1nc(N)n2C(C)CC1CC1. The summed E-state index contributed by atoms with van der Waals surface area (Å²) in [6.07, 6.45) is 4.04. The Morgan fingerprint density at radius 1 is 1.35 bits per heavy atom. The highest BCUT2D eigenvalue weighted by molar-refractivity contribution is 5.84. The minimum absolute atomic E-state index is 0.135. The highest BCUT2D eigenvalue weighted by Crippen LogP contribution is 2.39. The van der Waals surface area contributed by atoms with Crippen LogP contribution in [-0.4, -0.2) is 15.7 Å². The number of para-hydroxylation sites is 1. The molecule has 0 spiro atoms. The Balaban J connectivity index is 2.01. The van der Waals surface area contributed by atoms with Gasteiger partial charge in [0, 0.05) is 6.04 Å². The fourth-order valence-electron chi connectivity index (χ4n) is 2.86. The molecule has 1 aliphatic rings. The fourth-order valence-corrected chi connectivity index (χ4v) is 2.86. The van der Waals surface area contributed by atoms with Crippen molar-refractivity contribution in [2.45, 2.75) is 52.2 Å². The largest absolute Gasteiger partial charge is 0.489 e. The first-order valence-corrected chi connectivity index (χ1v) is 7.49. The van der Waals surface area contributed by atoms with Crippen molar-refractivity contribution >= 4 is 17.0 Å². The second-order valence-corrected chi connectivity index (χ2v) is 6.16. The van der Waals surface area contributed by atoms with Crippen LogP contribution in [0.2, 0.25) is 0 Å². The van der Waals surface area contributed by atoms with Crippen LogP contribution in [-0.2, 0) is 0 Å². The third kappa shape index (κ3) is 2.47. The van der Waals surface area contributed by atoms with Crippen LogP contribution in [0.1, 0.15) is 46.1 Å². The Hall–Kier alpha value is -1.71. The molecule has 1 aromatic heterocycles. The predicted octanol–water partition coefficient (Wildman–Crippen LogP) is 3.77. The van der Waals surface area contributed by atoms with Gasteiger partial charge in [0.15, 0.2) is 0 Å². The molecule has 1 aliphatic carbocycles. The number of hydrogen-bond donors (Lipinski definition) is 1. The van der Waals surface area contributed by atoms with Crippen LogP contribution in [0.15, 0.2) is 18.2 Å². The van der Waals surface area contributed by atoms with E-state index >= 15 is 0 Å². The van der Waals surface area contributed by atoms with Crippen molar-refractivity contribution in [3.8, 4) is 5.75 Å². The Kier molecular flexibility index (Phi) is 3.32.